The van der Waals surface area contributed by atoms with Crippen LogP contribution in [0.4, 0.5) is 10.1 Å². The Morgan fingerprint density at radius 1 is 1.06 bits per heavy atom. The summed E-state index contributed by atoms with van der Waals surface area (Å²) in [5.74, 6) is 0.281. The minimum Gasteiger partial charge on any atom is -0.488 e. The van der Waals surface area contributed by atoms with Crippen molar-refractivity contribution < 1.29 is 13.9 Å². The van der Waals surface area contributed by atoms with Crippen LogP contribution >= 0.6 is 34.4 Å². The van der Waals surface area contributed by atoms with Crippen LogP contribution in [0.1, 0.15) is 18.1 Å². The Kier molecular flexibility index (Phi) is 7.26. The molecule has 0 spiro atoms. The number of nitrogens with zero attached hydrogens (tertiary/aromatic N) is 2. The molecule has 0 N–H and O–H groups in total. The average Bonchev–Trinajstić information content (AvgIpc) is 3.09. The molecule has 0 atom stereocenters. The highest BCUT2D eigenvalue weighted by atomic mass is 127. The lowest BCUT2D eigenvalue weighted by molar-refractivity contribution is -0.122. The van der Waals surface area contributed by atoms with E-state index in [0.29, 0.717) is 34.7 Å². The van der Waals surface area contributed by atoms with Crippen LogP contribution in [0.15, 0.2) is 82.7 Å². The smallest absolute Gasteiger partial charge is 0.266 e. The van der Waals surface area contributed by atoms with E-state index in [0.717, 1.165) is 11.1 Å². The average molecular weight is 558 g/mol. The summed E-state index contributed by atoms with van der Waals surface area (Å²) >= 11 is 3.58. The normalized spacial score (nSPS) is 16.2. The van der Waals surface area contributed by atoms with E-state index < -0.39 is 0 Å². The van der Waals surface area contributed by atoms with E-state index in [1.165, 1.54) is 27.5 Å². The summed E-state index contributed by atoms with van der Waals surface area (Å²) in [6, 6.07) is 21.7. The molecule has 1 fully saturated rings. The minimum atomic E-state index is -0.320. The van der Waals surface area contributed by atoms with Gasteiger partial charge in [0.15, 0.2) is 5.17 Å². The quantitative estimate of drug-likeness (QED) is 0.252. The number of carbonyl (C=O) groups excluding carboxylic acids is 1. The molecule has 1 aliphatic rings. The molecule has 1 heterocycles. The van der Waals surface area contributed by atoms with Crippen LogP contribution < -0.4 is 4.74 Å². The van der Waals surface area contributed by atoms with Gasteiger partial charge in [-0.3, -0.25) is 9.69 Å². The number of ether oxygens (including phenoxy) is 1. The van der Waals surface area contributed by atoms with Crippen molar-refractivity contribution in [3.8, 4) is 5.75 Å². The molecule has 3 aromatic carbocycles. The van der Waals surface area contributed by atoms with Crippen molar-refractivity contribution in [2.24, 2.45) is 4.99 Å². The lowest BCUT2D eigenvalue weighted by Gasteiger charge is -2.12. The number of benzene rings is 3. The summed E-state index contributed by atoms with van der Waals surface area (Å²) in [4.78, 5) is 19.7. The predicted molar refractivity (Wildman–Crippen MR) is 136 cm³/mol. The molecule has 4 rings (SSSR count). The Morgan fingerprint density at radius 3 is 2.50 bits per heavy atom. The molecular weight excluding hydrogens is 538 g/mol. The second kappa shape index (κ2) is 10.3. The third kappa shape index (κ3) is 5.39. The Balaban J connectivity index is 1.57. The number of likely N-dealkylation sites (N-methyl/N-ethyl adjacent to an activating group) is 1. The standard InChI is InChI=1S/C25H20FIN2O2S/c1-2-29-24(30)23(32-25(29)28-21-13-9-19(26)10-14-21)15-18-5-3-4-6-22(18)31-16-17-7-11-20(27)12-8-17/h3-15H,2,16H2,1H3/b23-15+,28-25?. The molecule has 1 saturated heterocycles. The maximum Gasteiger partial charge on any atom is 0.266 e. The van der Waals surface area contributed by atoms with E-state index in [1.54, 1.807) is 17.0 Å². The van der Waals surface area contributed by atoms with Crippen LogP contribution in [0, 0.1) is 9.39 Å². The van der Waals surface area contributed by atoms with E-state index in [1.807, 2.05) is 61.5 Å². The number of hydrogen-bond donors (Lipinski definition) is 0. The van der Waals surface area contributed by atoms with Crippen molar-refractivity contribution in [2.75, 3.05) is 6.54 Å². The summed E-state index contributed by atoms with van der Waals surface area (Å²) in [5, 5.41) is 0.577. The number of carbonyl (C=O) groups is 1. The highest BCUT2D eigenvalue weighted by Gasteiger charge is 2.32. The first-order valence-corrected chi connectivity index (χ1v) is 11.9. The Labute approximate surface area is 204 Å². The third-order valence-corrected chi connectivity index (χ3v) is 6.49. The number of para-hydroxylation sites is 1. The maximum atomic E-state index is 13.2. The van der Waals surface area contributed by atoms with Gasteiger partial charge >= 0.3 is 0 Å². The molecule has 3 aromatic rings. The summed E-state index contributed by atoms with van der Waals surface area (Å²) in [7, 11) is 0. The molecule has 0 radical (unpaired) electrons. The Morgan fingerprint density at radius 2 is 1.78 bits per heavy atom. The van der Waals surface area contributed by atoms with E-state index >= 15 is 0 Å². The van der Waals surface area contributed by atoms with Crippen LogP contribution in [-0.2, 0) is 11.4 Å². The van der Waals surface area contributed by atoms with Gasteiger partial charge in [0.2, 0.25) is 0 Å². The van der Waals surface area contributed by atoms with E-state index in [2.05, 4.69) is 27.6 Å². The predicted octanol–water partition coefficient (Wildman–Crippen LogP) is 6.63. The maximum absolute atomic E-state index is 13.2. The number of amides is 1. The van der Waals surface area contributed by atoms with Crippen LogP contribution in [0.3, 0.4) is 0 Å². The van der Waals surface area contributed by atoms with Crippen LogP contribution in [-0.4, -0.2) is 22.5 Å². The molecule has 1 amide bonds. The van der Waals surface area contributed by atoms with Crippen molar-refractivity contribution in [3.63, 3.8) is 0 Å². The van der Waals surface area contributed by atoms with Gasteiger partial charge in [-0.25, -0.2) is 9.38 Å². The van der Waals surface area contributed by atoms with E-state index in [9.17, 15) is 9.18 Å². The minimum absolute atomic E-state index is 0.106. The van der Waals surface area contributed by atoms with Crippen molar-refractivity contribution in [1.29, 1.82) is 0 Å². The number of amidine groups is 1. The van der Waals surface area contributed by atoms with E-state index in [4.69, 9.17) is 4.74 Å². The van der Waals surface area contributed by atoms with Gasteiger partial charge in [-0.15, -0.1) is 0 Å². The summed E-state index contributed by atoms with van der Waals surface area (Å²) in [6.07, 6.45) is 1.84. The number of halogens is 2. The van der Waals surface area contributed by atoms with Crippen LogP contribution in [0.2, 0.25) is 0 Å². The Hall–Kier alpha value is -2.65. The van der Waals surface area contributed by atoms with Crippen molar-refractivity contribution in [2.45, 2.75) is 13.5 Å². The summed E-state index contributed by atoms with van der Waals surface area (Å²) < 4.78 is 20.4. The molecular formula is C25H20FIN2O2S. The van der Waals surface area contributed by atoms with Crippen LogP contribution in [0.5, 0.6) is 5.75 Å². The fourth-order valence-electron chi connectivity index (χ4n) is 3.11. The van der Waals surface area contributed by atoms with E-state index in [-0.39, 0.29) is 11.7 Å². The molecule has 0 aliphatic carbocycles. The SMILES string of the molecule is CCN1C(=O)/C(=C\c2ccccc2OCc2ccc(I)cc2)SC1=Nc1ccc(F)cc1. The lowest BCUT2D eigenvalue weighted by atomic mass is 10.1. The molecule has 1 aliphatic heterocycles. The highest BCUT2D eigenvalue weighted by molar-refractivity contribution is 14.1. The molecule has 4 nitrogen and oxygen atoms in total. The first-order chi connectivity index (χ1) is 15.5. The zero-order chi connectivity index (χ0) is 22.5. The van der Waals surface area contributed by atoms with Gasteiger partial charge in [-0.1, -0.05) is 30.3 Å². The molecule has 0 bridgehead atoms. The first-order valence-electron chi connectivity index (χ1n) is 10.1. The monoisotopic (exact) mass is 558 g/mol. The first kappa shape index (κ1) is 22.5. The number of rotatable bonds is 6. The molecule has 7 heteroatoms. The topological polar surface area (TPSA) is 41.9 Å². The molecule has 0 unspecified atom stereocenters. The van der Waals surface area contributed by atoms with Gasteiger partial charge in [0, 0.05) is 15.7 Å². The molecule has 0 saturated carbocycles. The van der Waals surface area contributed by atoms with Crippen molar-refractivity contribution in [3.05, 3.63) is 98.2 Å². The van der Waals surface area contributed by atoms with Crippen LogP contribution in [0.25, 0.3) is 6.08 Å². The molecule has 0 aromatic heterocycles. The van der Waals surface area contributed by atoms with Crippen molar-refractivity contribution >= 4 is 57.2 Å². The number of hydrogen-bond acceptors (Lipinski definition) is 4. The fraction of sp³-hybridized carbons (Fsp3) is 0.120. The number of thioether (sulfide) groups is 1. The lowest BCUT2D eigenvalue weighted by Crippen LogP contribution is -2.28. The number of aliphatic imine (C=N–C) groups is 1. The van der Waals surface area contributed by atoms with Gasteiger partial charge in [-0.05, 0) is 95.4 Å². The van der Waals surface area contributed by atoms with Crippen molar-refractivity contribution in [1.82, 2.24) is 4.90 Å². The second-order valence-corrected chi connectivity index (χ2v) is 9.24. The van der Waals surface area contributed by atoms with Gasteiger partial charge in [0.25, 0.3) is 5.91 Å². The fourth-order valence-corrected chi connectivity index (χ4v) is 4.52. The van der Waals surface area contributed by atoms with Gasteiger partial charge < -0.3 is 4.74 Å². The van der Waals surface area contributed by atoms with Gasteiger partial charge in [0.1, 0.15) is 18.2 Å². The molecule has 162 valence electrons. The molecule has 32 heavy (non-hydrogen) atoms. The Bertz CT molecular complexity index is 1180. The highest BCUT2D eigenvalue weighted by Crippen LogP contribution is 2.35. The van der Waals surface area contributed by atoms with Gasteiger partial charge in [-0.2, -0.15) is 0 Å². The van der Waals surface area contributed by atoms with Gasteiger partial charge in [0.05, 0.1) is 10.6 Å². The zero-order valence-corrected chi connectivity index (χ0v) is 20.3. The third-order valence-electron chi connectivity index (χ3n) is 4.77. The zero-order valence-electron chi connectivity index (χ0n) is 17.3. The second-order valence-electron chi connectivity index (χ2n) is 6.98. The summed E-state index contributed by atoms with van der Waals surface area (Å²) in [6.45, 7) is 2.84. The summed E-state index contributed by atoms with van der Waals surface area (Å²) in [5.41, 5.74) is 2.50. The largest absolute Gasteiger partial charge is 0.488 e.